The van der Waals surface area contributed by atoms with Crippen molar-refractivity contribution in [2.75, 3.05) is 13.1 Å². The van der Waals surface area contributed by atoms with Gasteiger partial charge in [0.25, 0.3) is 0 Å². The molecule has 0 heterocycles. The van der Waals surface area contributed by atoms with E-state index in [4.69, 9.17) is 5.11 Å². The first-order chi connectivity index (χ1) is 9.47. The quantitative estimate of drug-likeness (QED) is 0.839. The number of amides is 2. The fraction of sp³-hybridized carbons (Fsp3) is 0.467. The average Bonchev–Trinajstić information content (AvgIpc) is 2.39. The van der Waals surface area contributed by atoms with Crippen LogP contribution in [0.4, 0.5) is 4.79 Å². The highest BCUT2D eigenvalue weighted by atomic mass is 16.4. The number of carbonyl (C=O) groups excluding carboxylic acids is 1. The Kier molecular flexibility index (Phi) is 6.03. The van der Waals surface area contributed by atoms with E-state index in [-0.39, 0.29) is 17.6 Å². The summed E-state index contributed by atoms with van der Waals surface area (Å²) in [6, 6.07) is 6.88. The molecule has 1 rings (SSSR count). The number of nitrogens with one attached hydrogen (secondary N) is 1. The number of hydrogen-bond acceptors (Lipinski definition) is 2. The third kappa shape index (κ3) is 4.26. The van der Waals surface area contributed by atoms with Crippen LogP contribution in [-0.4, -0.2) is 41.1 Å². The van der Waals surface area contributed by atoms with Crippen molar-refractivity contribution in [3.8, 4) is 0 Å². The zero-order chi connectivity index (χ0) is 15.1. The van der Waals surface area contributed by atoms with Gasteiger partial charge in [-0.1, -0.05) is 18.2 Å². The molecule has 5 nitrogen and oxygen atoms in total. The minimum absolute atomic E-state index is 0.115. The van der Waals surface area contributed by atoms with Crippen molar-refractivity contribution in [1.29, 1.82) is 0 Å². The van der Waals surface area contributed by atoms with Crippen LogP contribution in [0.1, 0.15) is 36.7 Å². The zero-order valence-electron chi connectivity index (χ0n) is 12.2. The molecule has 0 aliphatic carbocycles. The standard InChI is InChI=1S/C15H22N2O3/c1-4-17(11(2)3)15(20)16-10-9-12-7-5-6-8-13(12)14(18)19/h5-8,11H,4,9-10H2,1-3H3,(H,16,20)(H,18,19). The Bertz CT molecular complexity index is 472. The van der Waals surface area contributed by atoms with Gasteiger partial charge in [-0.05, 0) is 38.8 Å². The number of aromatic carboxylic acids is 1. The van der Waals surface area contributed by atoms with Crippen LogP contribution in [0.25, 0.3) is 0 Å². The predicted octanol–water partition coefficient (Wildman–Crippen LogP) is 2.37. The Morgan fingerprint density at radius 3 is 2.50 bits per heavy atom. The monoisotopic (exact) mass is 278 g/mol. The molecule has 1 aromatic rings. The summed E-state index contributed by atoms with van der Waals surface area (Å²) in [5.41, 5.74) is 1.02. The lowest BCUT2D eigenvalue weighted by Crippen LogP contribution is -2.44. The van der Waals surface area contributed by atoms with Gasteiger partial charge in [-0.2, -0.15) is 0 Å². The van der Waals surface area contributed by atoms with E-state index in [1.54, 1.807) is 29.2 Å². The van der Waals surface area contributed by atoms with Gasteiger partial charge < -0.3 is 15.3 Å². The maximum absolute atomic E-state index is 11.9. The molecule has 0 spiro atoms. The lowest BCUT2D eigenvalue weighted by atomic mass is 10.0. The van der Waals surface area contributed by atoms with Crippen molar-refractivity contribution in [2.45, 2.75) is 33.2 Å². The van der Waals surface area contributed by atoms with Gasteiger partial charge in [0.1, 0.15) is 0 Å². The molecule has 2 amide bonds. The fourth-order valence-corrected chi connectivity index (χ4v) is 2.10. The molecule has 0 fully saturated rings. The van der Waals surface area contributed by atoms with E-state index >= 15 is 0 Å². The number of urea groups is 1. The number of benzene rings is 1. The molecule has 5 heteroatoms. The summed E-state index contributed by atoms with van der Waals surface area (Å²) in [6.45, 7) is 6.92. The second kappa shape index (κ2) is 7.53. The first-order valence-corrected chi connectivity index (χ1v) is 6.83. The van der Waals surface area contributed by atoms with E-state index < -0.39 is 5.97 Å². The number of hydrogen-bond donors (Lipinski definition) is 2. The maximum atomic E-state index is 11.9. The number of nitrogens with zero attached hydrogens (tertiary/aromatic N) is 1. The summed E-state index contributed by atoms with van der Waals surface area (Å²) in [6.07, 6.45) is 0.504. The van der Waals surface area contributed by atoms with Crippen molar-refractivity contribution in [2.24, 2.45) is 0 Å². The van der Waals surface area contributed by atoms with Crippen molar-refractivity contribution in [3.63, 3.8) is 0 Å². The van der Waals surface area contributed by atoms with Crippen LogP contribution in [0, 0.1) is 0 Å². The fourth-order valence-electron chi connectivity index (χ4n) is 2.10. The van der Waals surface area contributed by atoms with Gasteiger partial charge in [-0.25, -0.2) is 9.59 Å². The van der Waals surface area contributed by atoms with Crippen LogP contribution in [-0.2, 0) is 6.42 Å². The molecule has 0 saturated heterocycles. The lowest BCUT2D eigenvalue weighted by molar-refractivity contribution is 0.0695. The van der Waals surface area contributed by atoms with Crippen LogP contribution in [0.15, 0.2) is 24.3 Å². The highest BCUT2D eigenvalue weighted by Crippen LogP contribution is 2.09. The first kappa shape index (κ1) is 16.0. The van der Waals surface area contributed by atoms with Crippen LogP contribution in [0.2, 0.25) is 0 Å². The minimum Gasteiger partial charge on any atom is -0.478 e. The summed E-state index contributed by atoms with van der Waals surface area (Å²) < 4.78 is 0. The molecule has 0 aromatic heterocycles. The van der Waals surface area contributed by atoms with E-state index in [2.05, 4.69) is 5.32 Å². The number of carboxylic acid groups (broad SMARTS) is 1. The Morgan fingerprint density at radius 2 is 1.95 bits per heavy atom. The van der Waals surface area contributed by atoms with Gasteiger partial charge in [0, 0.05) is 19.1 Å². The van der Waals surface area contributed by atoms with E-state index in [1.807, 2.05) is 20.8 Å². The summed E-state index contributed by atoms with van der Waals surface area (Å²) in [5.74, 6) is -0.940. The van der Waals surface area contributed by atoms with Gasteiger partial charge in [-0.3, -0.25) is 0 Å². The van der Waals surface area contributed by atoms with Gasteiger partial charge in [-0.15, -0.1) is 0 Å². The Morgan fingerprint density at radius 1 is 1.30 bits per heavy atom. The van der Waals surface area contributed by atoms with Crippen molar-refractivity contribution in [3.05, 3.63) is 35.4 Å². The van der Waals surface area contributed by atoms with Crippen molar-refractivity contribution >= 4 is 12.0 Å². The third-order valence-electron chi connectivity index (χ3n) is 3.14. The molecule has 0 unspecified atom stereocenters. The molecular formula is C15H22N2O3. The van der Waals surface area contributed by atoms with E-state index in [1.165, 1.54) is 0 Å². The van der Waals surface area contributed by atoms with E-state index in [9.17, 15) is 9.59 Å². The van der Waals surface area contributed by atoms with Crippen molar-refractivity contribution < 1.29 is 14.7 Å². The first-order valence-electron chi connectivity index (χ1n) is 6.83. The molecule has 0 radical (unpaired) electrons. The molecule has 0 aliphatic rings. The van der Waals surface area contributed by atoms with Gasteiger partial charge in [0.2, 0.25) is 0 Å². The highest BCUT2D eigenvalue weighted by molar-refractivity contribution is 5.89. The second-order valence-corrected chi connectivity index (χ2v) is 4.82. The van der Waals surface area contributed by atoms with Gasteiger partial charge in [0.05, 0.1) is 5.56 Å². The smallest absolute Gasteiger partial charge is 0.335 e. The highest BCUT2D eigenvalue weighted by Gasteiger charge is 2.14. The Hall–Kier alpha value is -2.04. The SMILES string of the molecule is CCN(C(=O)NCCc1ccccc1C(=O)O)C(C)C. The molecule has 0 saturated carbocycles. The van der Waals surface area contributed by atoms with E-state index in [0.29, 0.717) is 19.5 Å². The van der Waals surface area contributed by atoms with Crippen LogP contribution in [0.3, 0.4) is 0 Å². The van der Waals surface area contributed by atoms with Crippen LogP contribution < -0.4 is 5.32 Å². The molecule has 1 aromatic carbocycles. The number of rotatable bonds is 6. The minimum atomic E-state index is -0.940. The Labute approximate surface area is 119 Å². The zero-order valence-corrected chi connectivity index (χ0v) is 12.2. The number of carboxylic acids is 1. The molecular weight excluding hydrogens is 256 g/mol. The second-order valence-electron chi connectivity index (χ2n) is 4.82. The van der Waals surface area contributed by atoms with Crippen LogP contribution in [0.5, 0.6) is 0 Å². The third-order valence-corrected chi connectivity index (χ3v) is 3.14. The summed E-state index contributed by atoms with van der Waals surface area (Å²) >= 11 is 0. The summed E-state index contributed by atoms with van der Waals surface area (Å²) in [5, 5.41) is 11.9. The summed E-state index contributed by atoms with van der Waals surface area (Å²) in [4.78, 5) is 24.7. The molecule has 0 bridgehead atoms. The molecule has 0 aliphatic heterocycles. The van der Waals surface area contributed by atoms with Crippen molar-refractivity contribution in [1.82, 2.24) is 10.2 Å². The normalized spacial score (nSPS) is 10.4. The molecule has 0 atom stereocenters. The molecule has 2 N–H and O–H groups in total. The van der Waals surface area contributed by atoms with E-state index in [0.717, 1.165) is 5.56 Å². The van der Waals surface area contributed by atoms with Crippen LogP contribution >= 0.6 is 0 Å². The summed E-state index contributed by atoms with van der Waals surface area (Å²) in [7, 11) is 0. The predicted molar refractivity (Wildman–Crippen MR) is 78.0 cm³/mol. The lowest BCUT2D eigenvalue weighted by Gasteiger charge is -2.25. The topological polar surface area (TPSA) is 69.6 Å². The Balaban J connectivity index is 2.57. The van der Waals surface area contributed by atoms with Gasteiger partial charge in [0.15, 0.2) is 0 Å². The average molecular weight is 278 g/mol. The molecule has 110 valence electrons. The largest absolute Gasteiger partial charge is 0.478 e. The molecule has 20 heavy (non-hydrogen) atoms. The van der Waals surface area contributed by atoms with Gasteiger partial charge >= 0.3 is 12.0 Å². The number of carbonyl (C=O) groups is 2. The maximum Gasteiger partial charge on any atom is 0.335 e.